The molecule has 8 heteroatoms. The van der Waals surface area contributed by atoms with Crippen LogP contribution in [0.5, 0.6) is 0 Å². The lowest BCUT2D eigenvalue weighted by atomic mass is 10.1. The van der Waals surface area contributed by atoms with Crippen molar-refractivity contribution in [3.8, 4) is 0 Å². The highest BCUT2D eigenvalue weighted by Gasteiger charge is 2.05. The van der Waals surface area contributed by atoms with Crippen LogP contribution in [0.4, 0.5) is 0 Å². The Kier molecular flexibility index (Phi) is 19.9. The summed E-state index contributed by atoms with van der Waals surface area (Å²) in [6, 6.07) is 10.4. The second-order valence-corrected chi connectivity index (χ2v) is 6.94. The lowest BCUT2D eigenvalue weighted by molar-refractivity contribution is 0.00481. The van der Waals surface area contributed by atoms with Gasteiger partial charge in [-0.05, 0) is 18.4 Å². The number of hydrogen-bond acceptors (Lipinski definition) is 8. The number of nitrogens with zero attached hydrogens (tertiary/aromatic N) is 1. The number of aryl methyl sites for hydroxylation is 1. The Morgan fingerprint density at radius 1 is 0.548 bits per heavy atom. The Morgan fingerprint density at radius 2 is 1.00 bits per heavy atom. The van der Waals surface area contributed by atoms with Crippen LogP contribution in [0.25, 0.3) is 0 Å². The summed E-state index contributed by atoms with van der Waals surface area (Å²) < 4.78 is 27.4. The van der Waals surface area contributed by atoms with Crippen molar-refractivity contribution in [1.82, 2.24) is 4.90 Å². The van der Waals surface area contributed by atoms with Gasteiger partial charge in [0.1, 0.15) is 0 Å². The van der Waals surface area contributed by atoms with Crippen molar-refractivity contribution in [2.45, 2.75) is 12.8 Å². The molecule has 0 spiro atoms. The average molecular weight is 444 g/mol. The Labute approximate surface area is 187 Å². The van der Waals surface area contributed by atoms with E-state index in [0.29, 0.717) is 59.5 Å². The summed E-state index contributed by atoms with van der Waals surface area (Å²) in [5.41, 5.74) is 1.34. The van der Waals surface area contributed by atoms with E-state index in [9.17, 15) is 0 Å². The highest BCUT2D eigenvalue weighted by molar-refractivity contribution is 5.14. The fourth-order valence-electron chi connectivity index (χ4n) is 2.81. The third-order valence-corrected chi connectivity index (χ3v) is 4.47. The van der Waals surface area contributed by atoms with E-state index in [1.54, 1.807) is 0 Å². The van der Waals surface area contributed by atoms with Gasteiger partial charge in [-0.3, -0.25) is 4.90 Å². The molecule has 0 unspecified atom stereocenters. The van der Waals surface area contributed by atoms with E-state index in [1.807, 2.05) is 6.07 Å². The van der Waals surface area contributed by atoms with Crippen molar-refractivity contribution in [3.05, 3.63) is 35.9 Å². The van der Waals surface area contributed by atoms with Crippen molar-refractivity contribution in [2.75, 3.05) is 98.9 Å². The highest BCUT2D eigenvalue weighted by Crippen LogP contribution is 2.02. The molecule has 1 aromatic rings. The molecule has 0 aliphatic heterocycles. The first-order chi connectivity index (χ1) is 15.4. The largest absolute Gasteiger partial charge is 0.394 e. The predicted octanol–water partition coefficient (Wildman–Crippen LogP) is 0.989. The summed E-state index contributed by atoms with van der Waals surface area (Å²) in [4.78, 5) is 2.18. The van der Waals surface area contributed by atoms with Gasteiger partial charge in [0.2, 0.25) is 0 Å². The quantitative estimate of drug-likeness (QED) is 0.242. The van der Waals surface area contributed by atoms with Crippen LogP contribution in [-0.2, 0) is 30.1 Å². The summed E-state index contributed by atoms with van der Waals surface area (Å²) >= 11 is 0. The van der Waals surface area contributed by atoms with Gasteiger partial charge in [-0.15, -0.1) is 0 Å². The summed E-state index contributed by atoms with van der Waals surface area (Å²) in [6.45, 7) is 7.70. The Morgan fingerprint density at radius 3 is 1.52 bits per heavy atom. The van der Waals surface area contributed by atoms with Crippen LogP contribution in [-0.4, -0.2) is 114 Å². The van der Waals surface area contributed by atoms with Crippen LogP contribution in [0.2, 0.25) is 0 Å². The molecule has 0 saturated carbocycles. The van der Waals surface area contributed by atoms with Crippen molar-refractivity contribution in [1.29, 1.82) is 0 Å². The maximum Gasteiger partial charge on any atom is 0.0701 e. The molecule has 0 heterocycles. The molecule has 8 nitrogen and oxygen atoms in total. The molecule has 0 amide bonds. The molecule has 0 atom stereocenters. The molecule has 0 radical (unpaired) electrons. The molecule has 0 aliphatic carbocycles. The fraction of sp³-hybridized carbons (Fsp3) is 0.739. The van der Waals surface area contributed by atoms with E-state index < -0.39 is 0 Å². The molecule has 1 aromatic carbocycles. The van der Waals surface area contributed by atoms with Gasteiger partial charge in [-0.1, -0.05) is 30.3 Å². The predicted molar refractivity (Wildman–Crippen MR) is 119 cm³/mol. The van der Waals surface area contributed by atoms with Gasteiger partial charge < -0.3 is 33.9 Å². The maximum atomic E-state index is 8.77. The maximum absolute atomic E-state index is 8.77. The zero-order chi connectivity index (χ0) is 22.2. The lowest BCUT2D eigenvalue weighted by Crippen LogP contribution is -2.34. The van der Waals surface area contributed by atoms with Crippen molar-refractivity contribution in [2.24, 2.45) is 0 Å². The molecule has 0 fully saturated rings. The Hall–Kier alpha value is -1.10. The van der Waals surface area contributed by atoms with Crippen LogP contribution in [0, 0.1) is 0 Å². The standard InChI is InChI=1S/C23H41NO7/c25-11-17-28-14-8-24(9-15-29-18-12-26)10-16-30-20-22-31-21-19-27-13-4-7-23-5-2-1-3-6-23/h1-3,5-6,25-26H,4,7-22H2. The third-order valence-electron chi connectivity index (χ3n) is 4.47. The zero-order valence-electron chi connectivity index (χ0n) is 18.8. The van der Waals surface area contributed by atoms with Crippen molar-refractivity contribution < 1.29 is 33.9 Å². The number of rotatable bonds is 23. The topological polar surface area (TPSA) is 89.9 Å². The van der Waals surface area contributed by atoms with Crippen molar-refractivity contribution >= 4 is 0 Å². The van der Waals surface area contributed by atoms with Gasteiger partial charge in [-0.2, -0.15) is 0 Å². The summed E-state index contributed by atoms with van der Waals surface area (Å²) in [6.07, 6.45) is 2.05. The van der Waals surface area contributed by atoms with Crippen LogP contribution in [0.15, 0.2) is 30.3 Å². The third kappa shape index (κ3) is 18.2. The second-order valence-electron chi connectivity index (χ2n) is 6.94. The fourth-order valence-corrected chi connectivity index (χ4v) is 2.81. The zero-order valence-corrected chi connectivity index (χ0v) is 18.8. The molecule has 0 bridgehead atoms. The SMILES string of the molecule is OCCOCCN(CCOCCO)CCOCCOCCOCCCc1ccccc1. The molecule has 180 valence electrons. The second kappa shape index (κ2) is 22.1. The number of aliphatic hydroxyl groups excluding tert-OH is 2. The van der Waals surface area contributed by atoms with E-state index in [0.717, 1.165) is 39.1 Å². The Bertz CT molecular complexity index is 466. The molecule has 1 rings (SSSR count). The molecule has 0 saturated heterocycles. The first-order valence-electron chi connectivity index (χ1n) is 11.2. The van der Waals surface area contributed by atoms with Crippen LogP contribution in [0.1, 0.15) is 12.0 Å². The van der Waals surface area contributed by atoms with E-state index in [-0.39, 0.29) is 13.2 Å². The van der Waals surface area contributed by atoms with Gasteiger partial charge >= 0.3 is 0 Å². The number of hydrogen-bond donors (Lipinski definition) is 2. The van der Waals surface area contributed by atoms with E-state index in [1.165, 1.54) is 5.56 Å². The van der Waals surface area contributed by atoms with Gasteiger partial charge in [0, 0.05) is 26.2 Å². The number of benzene rings is 1. The van der Waals surface area contributed by atoms with Crippen LogP contribution >= 0.6 is 0 Å². The number of aliphatic hydroxyl groups is 2. The summed E-state index contributed by atoms with van der Waals surface area (Å²) in [5, 5.41) is 17.5. The average Bonchev–Trinajstić information content (AvgIpc) is 2.80. The van der Waals surface area contributed by atoms with Crippen molar-refractivity contribution in [3.63, 3.8) is 0 Å². The molecule has 0 aromatic heterocycles. The first-order valence-corrected chi connectivity index (χ1v) is 11.2. The molecule has 31 heavy (non-hydrogen) atoms. The van der Waals surface area contributed by atoms with Gasteiger partial charge in [0.15, 0.2) is 0 Å². The lowest BCUT2D eigenvalue weighted by Gasteiger charge is -2.22. The van der Waals surface area contributed by atoms with E-state index in [4.69, 9.17) is 33.9 Å². The van der Waals surface area contributed by atoms with Crippen LogP contribution < -0.4 is 0 Å². The van der Waals surface area contributed by atoms with Gasteiger partial charge in [0.25, 0.3) is 0 Å². The molecular formula is C23H41NO7. The minimum absolute atomic E-state index is 0.0292. The number of ether oxygens (including phenoxy) is 5. The minimum atomic E-state index is 0.0292. The monoisotopic (exact) mass is 443 g/mol. The van der Waals surface area contributed by atoms with E-state index in [2.05, 4.69) is 29.2 Å². The Balaban J connectivity index is 1.92. The van der Waals surface area contributed by atoms with Crippen LogP contribution in [0.3, 0.4) is 0 Å². The highest BCUT2D eigenvalue weighted by atomic mass is 16.5. The van der Waals surface area contributed by atoms with Gasteiger partial charge in [0.05, 0.1) is 72.7 Å². The summed E-state index contributed by atoms with van der Waals surface area (Å²) in [5.74, 6) is 0. The first kappa shape index (κ1) is 27.9. The van der Waals surface area contributed by atoms with Gasteiger partial charge in [-0.25, -0.2) is 0 Å². The smallest absolute Gasteiger partial charge is 0.0701 e. The van der Waals surface area contributed by atoms with E-state index >= 15 is 0 Å². The normalized spacial score (nSPS) is 11.5. The molecular weight excluding hydrogens is 402 g/mol. The summed E-state index contributed by atoms with van der Waals surface area (Å²) in [7, 11) is 0. The minimum Gasteiger partial charge on any atom is -0.394 e. The molecule has 0 aliphatic rings. The molecule has 2 N–H and O–H groups in total.